The van der Waals surface area contributed by atoms with Gasteiger partial charge in [0.25, 0.3) is 11.8 Å². The van der Waals surface area contributed by atoms with Gasteiger partial charge in [-0.15, -0.1) is 0 Å². The number of halogens is 2. The molecule has 3 N–H and O–H groups in total. The molecule has 0 radical (unpaired) electrons. The van der Waals surface area contributed by atoms with Gasteiger partial charge in [-0.1, -0.05) is 12.1 Å². The summed E-state index contributed by atoms with van der Waals surface area (Å²) in [6.45, 7) is 1.28. The molecule has 0 heterocycles. The van der Waals surface area contributed by atoms with Gasteiger partial charge >= 0.3 is 0 Å². The average Bonchev–Trinajstić information content (AvgIpc) is 2.53. The number of nitrogens with two attached hydrogens (primary N) is 1. The van der Waals surface area contributed by atoms with Crippen LogP contribution in [0.4, 0.5) is 8.78 Å². The molecule has 0 fully saturated rings. The summed E-state index contributed by atoms with van der Waals surface area (Å²) >= 11 is 0. The predicted octanol–water partition coefficient (Wildman–Crippen LogP) is 2.32. The summed E-state index contributed by atoms with van der Waals surface area (Å²) in [4.78, 5) is 22.9. The summed E-state index contributed by atoms with van der Waals surface area (Å²) in [7, 11) is 0. The van der Waals surface area contributed by atoms with Gasteiger partial charge in [-0.2, -0.15) is 0 Å². The average molecular weight is 334 g/mol. The minimum Gasteiger partial charge on any atom is -0.484 e. The van der Waals surface area contributed by atoms with Gasteiger partial charge in [0.15, 0.2) is 6.61 Å². The minimum absolute atomic E-state index is 0.172. The number of amides is 2. The van der Waals surface area contributed by atoms with Crippen LogP contribution in [0, 0.1) is 11.6 Å². The van der Waals surface area contributed by atoms with Crippen molar-refractivity contribution in [2.75, 3.05) is 6.61 Å². The van der Waals surface area contributed by atoms with E-state index in [1.54, 1.807) is 25.1 Å². The minimum atomic E-state index is -0.735. The Morgan fingerprint density at radius 3 is 2.62 bits per heavy atom. The van der Waals surface area contributed by atoms with Gasteiger partial charge in [-0.25, -0.2) is 8.78 Å². The quantitative estimate of drug-likeness (QED) is 0.851. The Morgan fingerprint density at radius 2 is 1.96 bits per heavy atom. The summed E-state index contributed by atoms with van der Waals surface area (Å²) in [6, 6.07) is 8.63. The number of carbonyl (C=O) groups is 2. The van der Waals surface area contributed by atoms with Crippen LogP contribution in [0.5, 0.6) is 5.75 Å². The SMILES string of the molecule is CC(NC(=O)c1cccc(OCC(N)=O)c1)c1ccc(F)cc1F. The largest absolute Gasteiger partial charge is 0.484 e. The molecule has 0 spiro atoms. The smallest absolute Gasteiger partial charge is 0.255 e. The van der Waals surface area contributed by atoms with Gasteiger partial charge in [0.2, 0.25) is 0 Å². The van der Waals surface area contributed by atoms with Crippen molar-refractivity contribution in [3.63, 3.8) is 0 Å². The molecule has 5 nitrogen and oxygen atoms in total. The van der Waals surface area contributed by atoms with Crippen molar-refractivity contribution in [1.82, 2.24) is 5.32 Å². The highest BCUT2D eigenvalue weighted by Crippen LogP contribution is 2.19. The normalized spacial score (nSPS) is 11.6. The van der Waals surface area contributed by atoms with Crippen LogP contribution in [0.2, 0.25) is 0 Å². The van der Waals surface area contributed by atoms with Crippen molar-refractivity contribution in [2.45, 2.75) is 13.0 Å². The molecule has 0 aliphatic heterocycles. The summed E-state index contributed by atoms with van der Waals surface area (Å²) in [5.74, 6) is -2.21. The molecule has 0 aliphatic rings. The number of ether oxygens (including phenoxy) is 1. The van der Waals surface area contributed by atoms with E-state index in [0.29, 0.717) is 5.75 Å². The van der Waals surface area contributed by atoms with Gasteiger partial charge in [-0.3, -0.25) is 9.59 Å². The van der Waals surface area contributed by atoms with Crippen LogP contribution in [0.25, 0.3) is 0 Å². The Balaban J connectivity index is 2.08. The Labute approximate surface area is 137 Å². The number of hydrogen-bond acceptors (Lipinski definition) is 3. The fourth-order valence-electron chi connectivity index (χ4n) is 2.09. The van der Waals surface area contributed by atoms with E-state index in [-0.39, 0.29) is 17.7 Å². The summed E-state index contributed by atoms with van der Waals surface area (Å²) in [6.07, 6.45) is 0. The molecule has 24 heavy (non-hydrogen) atoms. The lowest BCUT2D eigenvalue weighted by atomic mass is 10.1. The van der Waals surface area contributed by atoms with E-state index < -0.39 is 29.5 Å². The molecule has 1 unspecified atom stereocenters. The first kappa shape index (κ1) is 17.4. The summed E-state index contributed by atoms with van der Waals surface area (Å²) in [5, 5.41) is 2.62. The predicted molar refractivity (Wildman–Crippen MR) is 83.4 cm³/mol. The van der Waals surface area contributed by atoms with Crippen LogP contribution >= 0.6 is 0 Å². The zero-order chi connectivity index (χ0) is 17.7. The Morgan fingerprint density at radius 1 is 1.21 bits per heavy atom. The Hall–Kier alpha value is -2.96. The van der Waals surface area contributed by atoms with E-state index in [1.807, 2.05) is 0 Å². The first-order valence-electron chi connectivity index (χ1n) is 7.14. The van der Waals surface area contributed by atoms with Gasteiger partial charge in [-0.05, 0) is 31.2 Å². The van der Waals surface area contributed by atoms with Crippen LogP contribution in [0.15, 0.2) is 42.5 Å². The maximum absolute atomic E-state index is 13.7. The third kappa shape index (κ3) is 4.52. The molecule has 2 aromatic rings. The van der Waals surface area contributed by atoms with Crippen LogP contribution in [-0.2, 0) is 4.79 Å². The van der Waals surface area contributed by atoms with E-state index in [9.17, 15) is 18.4 Å². The maximum atomic E-state index is 13.7. The van der Waals surface area contributed by atoms with Crippen molar-refractivity contribution >= 4 is 11.8 Å². The fraction of sp³-hybridized carbons (Fsp3) is 0.176. The molecular formula is C17H16F2N2O3. The molecule has 2 rings (SSSR count). The van der Waals surface area contributed by atoms with E-state index in [2.05, 4.69) is 5.32 Å². The third-order valence-corrected chi connectivity index (χ3v) is 3.25. The monoisotopic (exact) mass is 334 g/mol. The highest BCUT2D eigenvalue weighted by Gasteiger charge is 2.15. The third-order valence-electron chi connectivity index (χ3n) is 3.25. The standard InChI is InChI=1S/C17H16F2N2O3/c1-10(14-6-5-12(18)8-15(14)19)21-17(23)11-3-2-4-13(7-11)24-9-16(20)22/h2-8,10H,9H2,1H3,(H2,20,22)(H,21,23). The first-order valence-corrected chi connectivity index (χ1v) is 7.14. The Bertz CT molecular complexity index is 765. The van der Waals surface area contributed by atoms with Gasteiger partial charge < -0.3 is 15.8 Å². The number of primary amides is 1. The van der Waals surface area contributed by atoms with Crippen LogP contribution in [0.1, 0.15) is 28.9 Å². The van der Waals surface area contributed by atoms with Crippen molar-refractivity contribution in [3.05, 3.63) is 65.2 Å². The fourth-order valence-corrected chi connectivity index (χ4v) is 2.09. The maximum Gasteiger partial charge on any atom is 0.255 e. The lowest BCUT2D eigenvalue weighted by Crippen LogP contribution is -2.27. The number of carbonyl (C=O) groups excluding carboxylic acids is 2. The molecule has 0 saturated carbocycles. The topological polar surface area (TPSA) is 81.4 Å². The first-order chi connectivity index (χ1) is 11.4. The molecular weight excluding hydrogens is 318 g/mol. The van der Waals surface area contributed by atoms with Crippen molar-refractivity contribution in [2.24, 2.45) is 5.73 Å². The van der Waals surface area contributed by atoms with E-state index >= 15 is 0 Å². The zero-order valence-corrected chi connectivity index (χ0v) is 12.9. The van der Waals surface area contributed by atoms with Gasteiger partial charge in [0.1, 0.15) is 17.4 Å². The van der Waals surface area contributed by atoms with Crippen molar-refractivity contribution in [3.8, 4) is 5.75 Å². The molecule has 2 amide bonds. The van der Waals surface area contributed by atoms with Gasteiger partial charge in [0, 0.05) is 17.2 Å². The molecule has 126 valence electrons. The van der Waals surface area contributed by atoms with Crippen LogP contribution in [-0.4, -0.2) is 18.4 Å². The second kappa shape index (κ2) is 7.54. The molecule has 0 saturated heterocycles. The van der Waals surface area contributed by atoms with Crippen LogP contribution in [0.3, 0.4) is 0 Å². The molecule has 1 atom stereocenters. The van der Waals surface area contributed by atoms with E-state index in [1.165, 1.54) is 12.1 Å². The number of hydrogen-bond donors (Lipinski definition) is 2. The molecule has 7 heteroatoms. The zero-order valence-electron chi connectivity index (χ0n) is 12.9. The lowest BCUT2D eigenvalue weighted by molar-refractivity contribution is -0.119. The summed E-state index contributed by atoms with van der Waals surface area (Å²) < 4.78 is 31.8. The number of rotatable bonds is 6. The second-order valence-corrected chi connectivity index (χ2v) is 5.14. The highest BCUT2D eigenvalue weighted by molar-refractivity contribution is 5.94. The number of nitrogens with one attached hydrogen (secondary N) is 1. The van der Waals surface area contributed by atoms with E-state index in [0.717, 1.165) is 12.1 Å². The molecule has 0 aromatic heterocycles. The summed E-state index contributed by atoms with van der Waals surface area (Å²) in [5.41, 5.74) is 5.43. The van der Waals surface area contributed by atoms with Crippen molar-refractivity contribution in [1.29, 1.82) is 0 Å². The highest BCUT2D eigenvalue weighted by atomic mass is 19.1. The Kier molecular flexibility index (Phi) is 5.47. The van der Waals surface area contributed by atoms with Gasteiger partial charge in [0.05, 0.1) is 6.04 Å². The van der Waals surface area contributed by atoms with Crippen molar-refractivity contribution < 1.29 is 23.1 Å². The molecule has 2 aromatic carbocycles. The van der Waals surface area contributed by atoms with E-state index in [4.69, 9.17) is 10.5 Å². The second-order valence-electron chi connectivity index (χ2n) is 5.14. The molecule has 0 aliphatic carbocycles. The number of benzene rings is 2. The molecule has 0 bridgehead atoms. The van der Waals surface area contributed by atoms with Crippen LogP contribution < -0.4 is 15.8 Å². The lowest BCUT2D eigenvalue weighted by Gasteiger charge is -2.15.